The number of fused-ring (bicyclic) bond motifs is 3. The molecule has 134 valence electrons. The fourth-order valence-electron chi connectivity index (χ4n) is 3.58. The average molecular weight is 368 g/mol. The number of carbonyl (C=O) groups is 1. The van der Waals surface area contributed by atoms with E-state index >= 15 is 0 Å². The summed E-state index contributed by atoms with van der Waals surface area (Å²) in [6, 6.07) is 7.79. The molecule has 0 fully saturated rings. The summed E-state index contributed by atoms with van der Waals surface area (Å²) in [5.41, 5.74) is 4.96. The summed E-state index contributed by atoms with van der Waals surface area (Å²) in [4.78, 5) is 32.1. The SMILES string of the molecule is Cc1cccc(-c2nc3sc4c(c3c(=O)n2CC(=O)NN)CCCC4)c1. The molecule has 0 unspecified atom stereocenters. The predicted octanol–water partition coefficient (Wildman–Crippen LogP) is 2.30. The van der Waals surface area contributed by atoms with Gasteiger partial charge in [0.2, 0.25) is 0 Å². The van der Waals surface area contributed by atoms with Gasteiger partial charge in [-0.3, -0.25) is 19.6 Å². The Morgan fingerprint density at radius 1 is 1.35 bits per heavy atom. The molecule has 4 rings (SSSR count). The highest BCUT2D eigenvalue weighted by Crippen LogP contribution is 2.34. The molecule has 1 amide bonds. The lowest BCUT2D eigenvalue weighted by Crippen LogP contribution is -2.37. The maximum Gasteiger partial charge on any atom is 0.263 e. The highest BCUT2D eigenvalue weighted by molar-refractivity contribution is 7.18. The maximum absolute atomic E-state index is 13.3. The number of nitrogens with one attached hydrogen (secondary N) is 1. The van der Waals surface area contributed by atoms with Crippen LogP contribution in [0.15, 0.2) is 29.1 Å². The zero-order valence-electron chi connectivity index (χ0n) is 14.5. The van der Waals surface area contributed by atoms with E-state index < -0.39 is 5.91 Å². The van der Waals surface area contributed by atoms with Gasteiger partial charge in [-0.25, -0.2) is 10.8 Å². The first kappa shape index (κ1) is 16.9. The zero-order chi connectivity index (χ0) is 18.3. The lowest BCUT2D eigenvalue weighted by atomic mass is 9.97. The van der Waals surface area contributed by atoms with Crippen LogP contribution in [0.25, 0.3) is 21.6 Å². The Labute approximate surface area is 154 Å². The van der Waals surface area contributed by atoms with Crippen molar-refractivity contribution in [1.82, 2.24) is 15.0 Å². The average Bonchev–Trinajstić information content (AvgIpc) is 3.02. The fraction of sp³-hybridized carbons (Fsp3) is 0.316. The van der Waals surface area contributed by atoms with Gasteiger partial charge in [-0.05, 0) is 44.2 Å². The third-order valence-electron chi connectivity index (χ3n) is 4.81. The summed E-state index contributed by atoms with van der Waals surface area (Å²) in [7, 11) is 0. The first-order chi connectivity index (χ1) is 12.6. The summed E-state index contributed by atoms with van der Waals surface area (Å²) in [6.07, 6.45) is 4.13. The van der Waals surface area contributed by atoms with Crippen LogP contribution in [0.1, 0.15) is 28.8 Å². The van der Waals surface area contributed by atoms with Crippen molar-refractivity contribution in [2.75, 3.05) is 0 Å². The number of rotatable bonds is 3. The number of hydrogen-bond acceptors (Lipinski definition) is 5. The van der Waals surface area contributed by atoms with E-state index in [0.29, 0.717) is 11.2 Å². The van der Waals surface area contributed by atoms with E-state index in [2.05, 4.69) is 5.43 Å². The fourth-order valence-corrected chi connectivity index (χ4v) is 4.83. The molecule has 7 heteroatoms. The van der Waals surface area contributed by atoms with Gasteiger partial charge >= 0.3 is 0 Å². The summed E-state index contributed by atoms with van der Waals surface area (Å²) >= 11 is 1.61. The van der Waals surface area contributed by atoms with Gasteiger partial charge in [0.1, 0.15) is 17.2 Å². The number of hydrazine groups is 1. The Morgan fingerprint density at radius 3 is 2.92 bits per heavy atom. The number of benzene rings is 1. The second-order valence-electron chi connectivity index (χ2n) is 6.65. The highest BCUT2D eigenvalue weighted by atomic mass is 32.1. The van der Waals surface area contributed by atoms with Crippen molar-refractivity contribution in [2.45, 2.75) is 39.2 Å². The highest BCUT2D eigenvalue weighted by Gasteiger charge is 2.23. The van der Waals surface area contributed by atoms with E-state index in [-0.39, 0.29) is 12.1 Å². The molecular formula is C19H20N4O2S. The Bertz CT molecular complexity index is 1070. The first-order valence-electron chi connectivity index (χ1n) is 8.70. The topological polar surface area (TPSA) is 90.0 Å². The number of aromatic nitrogens is 2. The minimum atomic E-state index is -0.425. The van der Waals surface area contributed by atoms with Crippen LogP contribution in [-0.2, 0) is 24.2 Å². The molecule has 0 saturated heterocycles. The third-order valence-corrected chi connectivity index (χ3v) is 6.00. The number of thiophene rings is 1. The van der Waals surface area contributed by atoms with E-state index in [0.717, 1.165) is 47.2 Å². The minimum absolute atomic E-state index is 0.147. The van der Waals surface area contributed by atoms with Crippen molar-refractivity contribution in [1.29, 1.82) is 0 Å². The van der Waals surface area contributed by atoms with Crippen molar-refractivity contribution in [3.8, 4) is 11.4 Å². The van der Waals surface area contributed by atoms with Crippen LogP contribution in [-0.4, -0.2) is 15.5 Å². The maximum atomic E-state index is 13.3. The molecule has 0 bridgehead atoms. The smallest absolute Gasteiger partial charge is 0.263 e. The standard InChI is InChI=1S/C19H20N4O2S/c1-11-5-4-6-12(9-11)17-21-18-16(13-7-2-3-8-14(13)26-18)19(25)23(17)10-15(24)22-20/h4-6,9H,2-3,7-8,10,20H2,1H3,(H,22,24). The summed E-state index contributed by atoms with van der Waals surface area (Å²) in [5, 5.41) is 0.672. The molecule has 3 N–H and O–H groups in total. The Hall–Kier alpha value is -2.51. The molecule has 3 aromatic rings. The minimum Gasteiger partial charge on any atom is -0.293 e. The van der Waals surface area contributed by atoms with Crippen molar-refractivity contribution in [3.63, 3.8) is 0 Å². The number of hydrogen-bond donors (Lipinski definition) is 2. The predicted molar refractivity (Wildman–Crippen MR) is 103 cm³/mol. The molecule has 0 aliphatic heterocycles. The van der Waals surface area contributed by atoms with Gasteiger partial charge in [-0.15, -0.1) is 11.3 Å². The molecule has 1 aromatic carbocycles. The summed E-state index contributed by atoms with van der Waals surface area (Å²) in [5.74, 6) is 5.34. The van der Waals surface area contributed by atoms with Gasteiger partial charge in [0.25, 0.3) is 11.5 Å². The van der Waals surface area contributed by atoms with Crippen molar-refractivity contribution in [3.05, 3.63) is 50.6 Å². The van der Waals surface area contributed by atoms with Gasteiger partial charge in [0.05, 0.1) is 5.39 Å². The van der Waals surface area contributed by atoms with Crippen LogP contribution in [0.3, 0.4) is 0 Å². The zero-order valence-corrected chi connectivity index (χ0v) is 15.4. The van der Waals surface area contributed by atoms with Crippen LogP contribution < -0.4 is 16.8 Å². The van der Waals surface area contributed by atoms with E-state index in [9.17, 15) is 9.59 Å². The molecule has 0 atom stereocenters. The Kier molecular flexibility index (Phi) is 4.34. The first-order valence-corrected chi connectivity index (χ1v) is 9.51. The van der Waals surface area contributed by atoms with Crippen LogP contribution in [0.5, 0.6) is 0 Å². The number of carbonyl (C=O) groups excluding carboxylic acids is 1. The normalized spacial score (nSPS) is 13.6. The summed E-state index contributed by atoms with van der Waals surface area (Å²) in [6.45, 7) is 1.84. The lowest BCUT2D eigenvalue weighted by Gasteiger charge is -2.13. The van der Waals surface area contributed by atoms with Crippen LogP contribution in [0, 0.1) is 6.92 Å². The molecule has 1 aliphatic rings. The van der Waals surface area contributed by atoms with Crippen molar-refractivity contribution in [2.24, 2.45) is 5.84 Å². The Balaban J connectivity index is 2.01. The molecule has 26 heavy (non-hydrogen) atoms. The lowest BCUT2D eigenvalue weighted by molar-refractivity contribution is -0.121. The van der Waals surface area contributed by atoms with Gasteiger partial charge in [0, 0.05) is 10.4 Å². The second-order valence-corrected chi connectivity index (χ2v) is 7.74. The van der Waals surface area contributed by atoms with E-state index in [4.69, 9.17) is 10.8 Å². The van der Waals surface area contributed by atoms with E-state index in [1.807, 2.05) is 31.2 Å². The van der Waals surface area contributed by atoms with E-state index in [1.165, 1.54) is 9.44 Å². The van der Waals surface area contributed by atoms with E-state index in [1.54, 1.807) is 11.3 Å². The Morgan fingerprint density at radius 2 is 2.15 bits per heavy atom. The van der Waals surface area contributed by atoms with Gasteiger partial charge < -0.3 is 0 Å². The quantitative estimate of drug-likeness (QED) is 0.422. The molecule has 1 aliphatic carbocycles. The molecule has 2 aromatic heterocycles. The third kappa shape index (κ3) is 2.83. The van der Waals surface area contributed by atoms with Gasteiger partial charge in [-0.2, -0.15) is 0 Å². The monoisotopic (exact) mass is 368 g/mol. The molecule has 0 spiro atoms. The molecular weight excluding hydrogens is 348 g/mol. The molecule has 2 heterocycles. The number of amides is 1. The molecule has 6 nitrogen and oxygen atoms in total. The van der Waals surface area contributed by atoms with Gasteiger partial charge in [0.15, 0.2) is 0 Å². The van der Waals surface area contributed by atoms with Crippen molar-refractivity contribution < 1.29 is 4.79 Å². The number of nitrogens with two attached hydrogens (primary N) is 1. The largest absolute Gasteiger partial charge is 0.293 e. The second kappa shape index (κ2) is 6.66. The van der Waals surface area contributed by atoms with Gasteiger partial charge in [-0.1, -0.05) is 23.8 Å². The van der Waals surface area contributed by atoms with Crippen molar-refractivity contribution >= 4 is 27.5 Å². The number of aryl methyl sites for hydroxylation is 3. The molecule has 0 radical (unpaired) electrons. The van der Waals surface area contributed by atoms with Crippen LogP contribution in [0.4, 0.5) is 0 Å². The summed E-state index contributed by atoms with van der Waals surface area (Å²) < 4.78 is 1.45. The van der Waals surface area contributed by atoms with Crippen LogP contribution in [0.2, 0.25) is 0 Å². The molecule has 0 saturated carbocycles. The number of nitrogens with zero attached hydrogens (tertiary/aromatic N) is 2. The van der Waals surface area contributed by atoms with Crippen LogP contribution >= 0.6 is 11.3 Å².